The summed E-state index contributed by atoms with van der Waals surface area (Å²) in [7, 11) is -2.88. The van der Waals surface area contributed by atoms with Crippen molar-refractivity contribution in [1.29, 1.82) is 0 Å². The molecule has 0 amide bonds. The topological polar surface area (TPSA) is 46.2 Å². The number of nitrogens with one attached hydrogen (secondary N) is 1. The Hall–Kier alpha value is -0.870. The fourth-order valence-corrected chi connectivity index (χ4v) is 3.07. The number of aryl methyl sites for hydroxylation is 1. The van der Waals surface area contributed by atoms with Gasteiger partial charge in [-0.15, -0.1) is 0 Å². The normalized spacial score (nSPS) is 13.5. The van der Waals surface area contributed by atoms with E-state index in [0.29, 0.717) is 13.0 Å². The average molecular weight is 269 g/mol. The Balaban J connectivity index is 2.42. The summed E-state index contributed by atoms with van der Waals surface area (Å²) in [5, 5.41) is 3.25. The smallest absolute Gasteiger partial charge is 0.151 e. The molecule has 4 heteroatoms. The van der Waals surface area contributed by atoms with E-state index in [-0.39, 0.29) is 17.5 Å². The van der Waals surface area contributed by atoms with E-state index in [1.165, 1.54) is 11.1 Å². The molecule has 0 unspecified atom stereocenters. The first-order chi connectivity index (χ1) is 8.44. The van der Waals surface area contributed by atoms with Gasteiger partial charge in [0.25, 0.3) is 0 Å². The lowest BCUT2D eigenvalue weighted by atomic mass is 10.1. The Morgan fingerprint density at radius 1 is 1.17 bits per heavy atom. The summed E-state index contributed by atoms with van der Waals surface area (Å²) >= 11 is 0. The molecule has 0 spiro atoms. The third-order valence-corrected chi connectivity index (χ3v) is 4.81. The monoisotopic (exact) mass is 269 g/mol. The minimum Gasteiger partial charge on any atom is -0.309 e. The molecule has 1 rings (SSSR count). The predicted molar refractivity (Wildman–Crippen MR) is 76.5 cm³/mol. The van der Waals surface area contributed by atoms with E-state index in [2.05, 4.69) is 43.4 Å². The summed E-state index contributed by atoms with van der Waals surface area (Å²) in [4.78, 5) is 0. The molecule has 1 aromatic rings. The first-order valence-electron chi connectivity index (χ1n) is 6.45. The highest BCUT2D eigenvalue weighted by Gasteiger charge is 2.10. The van der Waals surface area contributed by atoms with Crippen molar-refractivity contribution in [2.45, 2.75) is 33.2 Å². The molecule has 0 saturated carbocycles. The van der Waals surface area contributed by atoms with Gasteiger partial charge in [0.15, 0.2) is 9.84 Å². The van der Waals surface area contributed by atoms with E-state index in [4.69, 9.17) is 0 Å². The summed E-state index contributed by atoms with van der Waals surface area (Å²) in [6.07, 6.45) is 0.690. The molecule has 102 valence electrons. The van der Waals surface area contributed by atoms with E-state index < -0.39 is 9.84 Å². The predicted octanol–water partition coefficient (Wildman–Crippen LogP) is 2.47. The van der Waals surface area contributed by atoms with Gasteiger partial charge in [0.2, 0.25) is 0 Å². The van der Waals surface area contributed by atoms with E-state index in [1.54, 1.807) is 0 Å². The van der Waals surface area contributed by atoms with Crippen molar-refractivity contribution in [3.8, 4) is 0 Å². The van der Waals surface area contributed by atoms with Crippen LogP contribution in [0.4, 0.5) is 0 Å². The van der Waals surface area contributed by atoms with Gasteiger partial charge in [0.1, 0.15) is 0 Å². The van der Waals surface area contributed by atoms with Gasteiger partial charge in [0, 0.05) is 18.3 Å². The van der Waals surface area contributed by atoms with Crippen LogP contribution in [-0.4, -0.2) is 26.5 Å². The average Bonchev–Trinajstić information content (AvgIpc) is 2.29. The number of hydrogen-bond donors (Lipinski definition) is 1. The largest absolute Gasteiger partial charge is 0.309 e. The lowest BCUT2D eigenvalue weighted by Gasteiger charge is -2.14. The Morgan fingerprint density at radius 3 is 2.33 bits per heavy atom. The molecular formula is C14H23NO2S. The molecule has 1 N–H and O–H groups in total. The Morgan fingerprint density at radius 2 is 1.78 bits per heavy atom. The summed E-state index contributed by atoms with van der Waals surface area (Å²) < 4.78 is 23.1. The zero-order valence-electron chi connectivity index (χ0n) is 11.4. The number of sulfone groups is 1. The quantitative estimate of drug-likeness (QED) is 0.827. The number of rotatable bonds is 7. The molecule has 0 aliphatic rings. The molecule has 3 nitrogen and oxygen atoms in total. The van der Waals surface area contributed by atoms with Crippen molar-refractivity contribution in [3.63, 3.8) is 0 Å². The van der Waals surface area contributed by atoms with E-state index in [1.807, 2.05) is 6.92 Å². The Kier molecular flexibility index (Phi) is 5.82. The van der Waals surface area contributed by atoms with Crippen molar-refractivity contribution in [1.82, 2.24) is 5.32 Å². The second-order valence-electron chi connectivity index (χ2n) is 4.74. The van der Waals surface area contributed by atoms with Crippen LogP contribution in [0.3, 0.4) is 0 Å². The maximum atomic E-state index is 11.6. The minimum absolute atomic E-state index is 0.183. The minimum atomic E-state index is -2.88. The van der Waals surface area contributed by atoms with Crippen molar-refractivity contribution in [2.24, 2.45) is 0 Å². The van der Waals surface area contributed by atoms with Crippen molar-refractivity contribution >= 4 is 9.84 Å². The molecule has 18 heavy (non-hydrogen) atoms. The van der Waals surface area contributed by atoms with E-state index in [9.17, 15) is 8.42 Å². The van der Waals surface area contributed by atoms with Gasteiger partial charge >= 0.3 is 0 Å². The summed E-state index contributed by atoms with van der Waals surface area (Å²) in [5.74, 6) is 0.505. The van der Waals surface area contributed by atoms with Gasteiger partial charge in [-0.25, -0.2) is 8.42 Å². The third kappa shape index (κ3) is 5.19. The van der Waals surface area contributed by atoms with Crippen molar-refractivity contribution < 1.29 is 8.42 Å². The molecule has 1 aromatic carbocycles. The first-order valence-corrected chi connectivity index (χ1v) is 8.27. The summed E-state index contributed by atoms with van der Waals surface area (Å²) in [6.45, 7) is 6.51. The van der Waals surface area contributed by atoms with Crippen LogP contribution in [-0.2, 0) is 9.84 Å². The van der Waals surface area contributed by atoms with Crippen LogP contribution < -0.4 is 5.32 Å². The molecule has 0 radical (unpaired) electrons. The molecule has 0 heterocycles. The Bertz CT molecular complexity index is 451. The Labute approximate surface area is 111 Å². The van der Waals surface area contributed by atoms with Crippen LogP contribution in [0.15, 0.2) is 24.3 Å². The fourth-order valence-electron chi connectivity index (χ4n) is 1.82. The highest BCUT2D eigenvalue weighted by atomic mass is 32.2. The molecule has 1 atom stereocenters. The molecule has 0 aromatic heterocycles. The fraction of sp³-hybridized carbons (Fsp3) is 0.571. The lowest BCUT2D eigenvalue weighted by Crippen LogP contribution is -2.26. The van der Waals surface area contributed by atoms with Gasteiger partial charge in [-0.3, -0.25) is 0 Å². The van der Waals surface area contributed by atoms with Crippen molar-refractivity contribution in [2.75, 3.05) is 18.1 Å². The lowest BCUT2D eigenvalue weighted by molar-refractivity contribution is 0.571. The molecule has 0 saturated heterocycles. The van der Waals surface area contributed by atoms with Crippen LogP contribution in [0.2, 0.25) is 0 Å². The third-order valence-electron chi connectivity index (χ3n) is 2.96. The summed E-state index contributed by atoms with van der Waals surface area (Å²) in [5.41, 5.74) is 2.42. The number of hydrogen-bond acceptors (Lipinski definition) is 3. The zero-order valence-corrected chi connectivity index (χ0v) is 12.3. The molecular weight excluding hydrogens is 246 g/mol. The van der Waals surface area contributed by atoms with Crippen LogP contribution in [0.25, 0.3) is 0 Å². The SMILES string of the molecule is CCCS(=O)(=O)CCN[C@@H](C)c1ccc(C)cc1. The standard InChI is InChI=1S/C14H23NO2S/c1-4-10-18(16,17)11-9-15-13(3)14-7-5-12(2)6-8-14/h5-8,13,15H,4,9-11H2,1-3H3/t13-/m0/s1. The second-order valence-corrected chi connectivity index (χ2v) is 7.04. The maximum absolute atomic E-state index is 11.6. The highest BCUT2D eigenvalue weighted by Crippen LogP contribution is 2.12. The van der Waals surface area contributed by atoms with Gasteiger partial charge in [-0.2, -0.15) is 0 Å². The van der Waals surface area contributed by atoms with Gasteiger partial charge in [-0.05, 0) is 25.8 Å². The first kappa shape index (κ1) is 15.2. The van der Waals surface area contributed by atoms with Crippen LogP contribution in [0.1, 0.15) is 37.4 Å². The van der Waals surface area contributed by atoms with E-state index >= 15 is 0 Å². The molecule has 0 bridgehead atoms. The second kappa shape index (κ2) is 6.90. The molecule has 0 fully saturated rings. The van der Waals surface area contributed by atoms with Crippen LogP contribution in [0, 0.1) is 6.92 Å². The van der Waals surface area contributed by atoms with Crippen LogP contribution >= 0.6 is 0 Å². The summed E-state index contributed by atoms with van der Waals surface area (Å²) in [6, 6.07) is 8.48. The van der Waals surface area contributed by atoms with E-state index in [0.717, 1.165) is 0 Å². The number of benzene rings is 1. The van der Waals surface area contributed by atoms with Gasteiger partial charge in [-0.1, -0.05) is 36.8 Å². The van der Waals surface area contributed by atoms with Crippen molar-refractivity contribution in [3.05, 3.63) is 35.4 Å². The maximum Gasteiger partial charge on any atom is 0.151 e. The molecule has 0 aliphatic carbocycles. The van der Waals surface area contributed by atoms with Gasteiger partial charge < -0.3 is 5.32 Å². The van der Waals surface area contributed by atoms with Crippen LogP contribution in [0.5, 0.6) is 0 Å². The molecule has 0 aliphatic heterocycles. The van der Waals surface area contributed by atoms with Gasteiger partial charge in [0.05, 0.1) is 5.75 Å². The highest BCUT2D eigenvalue weighted by molar-refractivity contribution is 7.91. The zero-order chi connectivity index (χ0) is 13.6.